The first-order valence-corrected chi connectivity index (χ1v) is 9.25. The molecule has 0 radical (unpaired) electrons. The second-order valence-electron chi connectivity index (χ2n) is 5.49. The number of carbonyl (C=O) groups is 1. The van der Waals surface area contributed by atoms with Gasteiger partial charge in [-0.15, -0.1) is 23.4 Å². The van der Waals surface area contributed by atoms with E-state index in [9.17, 15) is 18.0 Å². The van der Waals surface area contributed by atoms with Crippen molar-refractivity contribution in [1.29, 1.82) is 0 Å². The van der Waals surface area contributed by atoms with E-state index in [4.69, 9.17) is 0 Å². The molecule has 0 atom stereocenters. The molecule has 6 nitrogen and oxygen atoms in total. The number of ether oxygens (including phenoxy) is 1. The molecule has 2 aromatic heterocycles. The van der Waals surface area contributed by atoms with Gasteiger partial charge in [-0.3, -0.25) is 9.20 Å². The minimum atomic E-state index is -4.78. The van der Waals surface area contributed by atoms with Crippen LogP contribution in [0.25, 0.3) is 17.0 Å². The number of pyridine rings is 1. The summed E-state index contributed by atoms with van der Waals surface area (Å²) in [4.78, 5) is 12.2. The summed E-state index contributed by atoms with van der Waals surface area (Å²) in [5.41, 5.74) is 1.24. The quantitative estimate of drug-likeness (QED) is 0.647. The van der Waals surface area contributed by atoms with Crippen molar-refractivity contribution in [2.45, 2.75) is 6.36 Å². The van der Waals surface area contributed by atoms with E-state index in [2.05, 4.69) is 20.3 Å². The molecule has 0 saturated heterocycles. The first-order chi connectivity index (χ1) is 12.9. The van der Waals surface area contributed by atoms with E-state index < -0.39 is 6.36 Å². The number of rotatable bonds is 6. The molecule has 3 aromatic rings. The molecular weight excluding hydrogens is 381 g/mol. The van der Waals surface area contributed by atoms with E-state index in [0.29, 0.717) is 29.1 Å². The lowest BCUT2D eigenvalue weighted by Gasteiger charge is -2.10. The number of amides is 1. The van der Waals surface area contributed by atoms with Gasteiger partial charge in [0.05, 0.1) is 5.56 Å². The van der Waals surface area contributed by atoms with Gasteiger partial charge in [-0.25, -0.2) is 0 Å². The average Bonchev–Trinajstić information content (AvgIpc) is 3.03. The molecule has 0 aliphatic rings. The Bertz CT molecular complexity index is 959. The van der Waals surface area contributed by atoms with Crippen molar-refractivity contribution in [2.75, 3.05) is 18.6 Å². The predicted molar refractivity (Wildman–Crippen MR) is 95.8 cm³/mol. The Morgan fingerprint density at radius 2 is 2.07 bits per heavy atom. The summed E-state index contributed by atoms with van der Waals surface area (Å²) in [5.74, 6) is 0.483. The van der Waals surface area contributed by atoms with Gasteiger partial charge in [0.15, 0.2) is 11.5 Å². The van der Waals surface area contributed by atoms with Gasteiger partial charge in [0.25, 0.3) is 5.91 Å². The maximum Gasteiger partial charge on any atom is 0.573 e. The lowest BCUT2D eigenvalue weighted by molar-refractivity contribution is -0.274. The number of hydrogen-bond donors (Lipinski definition) is 1. The number of nitrogens with one attached hydrogen (secondary N) is 1. The topological polar surface area (TPSA) is 68.5 Å². The lowest BCUT2D eigenvalue weighted by atomic mass is 10.2. The largest absolute Gasteiger partial charge is 0.573 e. The second-order valence-corrected chi connectivity index (χ2v) is 6.48. The fourth-order valence-corrected chi connectivity index (χ4v) is 2.73. The van der Waals surface area contributed by atoms with Crippen LogP contribution in [0.5, 0.6) is 5.75 Å². The van der Waals surface area contributed by atoms with Gasteiger partial charge < -0.3 is 10.1 Å². The molecule has 0 aliphatic heterocycles. The molecule has 3 rings (SSSR count). The van der Waals surface area contributed by atoms with Crippen LogP contribution in [0.1, 0.15) is 10.4 Å². The Hall–Kier alpha value is -2.75. The van der Waals surface area contributed by atoms with E-state index in [1.165, 1.54) is 18.2 Å². The van der Waals surface area contributed by atoms with Crippen molar-refractivity contribution in [3.8, 4) is 17.1 Å². The summed E-state index contributed by atoms with van der Waals surface area (Å²) in [6.45, 7) is 0.532. The highest BCUT2D eigenvalue weighted by Gasteiger charge is 2.31. The van der Waals surface area contributed by atoms with Gasteiger partial charge in [0, 0.05) is 24.1 Å². The van der Waals surface area contributed by atoms with Crippen LogP contribution in [0.2, 0.25) is 0 Å². The van der Waals surface area contributed by atoms with Crippen molar-refractivity contribution in [1.82, 2.24) is 19.9 Å². The van der Waals surface area contributed by atoms with E-state index in [1.54, 1.807) is 40.6 Å². The summed E-state index contributed by atoms with van der Waals surface area (Å²) in [6.07, 6.45) is -1.29. The van der Waals surface area contributed by atoms with Crippen LogP contribution in [-0.4, -0.2) is 45.4 Å². The Morgan fingerprint density at radius 1 is 1.26 bits per heavy atom. The number of alkyl halides is 3. The number of thioether (sulfide) groups is 1. The summed E-state index contributed by atoms with van der Waals surface area (Å²) < 4.78 is 42.8. The zero-order valence-electron chi connectivity index (χ0n) is 14.2. The Kier molecular flexibility index (Phi) is 5.54. The van der Waals surface area contributed by atoms with Crippen LogP contribution in [0.4, 0.5) is 13.2 Å². The van der Waals surface area contributed by atoms with Crippen molar-refractivity contribution in [3.63, 3.8) is 0 Å². The van der Waals surface area contributed by atoms with Gasteiger partial charge in [-0.05, 0) is 30.5 Å². The Labute approximate surface area is 156 Å². The van der Waals surface area contributed by atoms with Gasteiger partial charge in [-0.2, -0.15) is 11.8 Å². The molecule has 0 bridgehead atoms. The molecule has 2 heterocycles. The highest BCUT2D eigenvalue weighted by molar-refractivity contribution is 7.98. The third-order valence-electron chi connectivity index (χ3n) is 3.58. The van der Waals surface area contributed by atoms with Crippen LogP contribution < -0.4 is 10.1 Å². The summed E-state index contributed by atoms with van der Waals surface area (Å²) >= 11 is 1.62. The highest BCUT2D eigenvalue weighted by Crippen LogP contribution is 2.27. The van der Waals surface area contributed by atoms with Crippen LogP contribution in [0.15, 0.2) is 42.6 Å². The second kappa shape index (κ2) is 7.87. The SMILES string of the molecule is CSCCNC(=O)c1ccc2nnc(-c3cccc(OC(F)(F)F)c3)n2c1. The summed E-state index contributed by atoms with van der Waals surface area (Å²) in [7, 11) is 0. The standard InChI is InChI=1S/C17H15F3N4O2S/c1-27-8-7-21-16(25)12-5-6-14-22-23-15(24(14)10-12)11-3-2-4-13(9-11)26-17(18,19)20/h2-6,9-10H,7-8H2,1H3,(H,21,25). The van der Waals surface area contributed by atoms with Gasteiger partial charge in [0.2, 0.25) is 0 Å². The monoisotopic (exact) mass is 396 g/mol. The molecule has 0 spiro atoms. The molecule has 0 fully saturated rings. The third-order valence-corrected chi connectivity index (χ3v) is 4.19. The number of fused-ring (bicyclic) bond motifs is 1. The molecule has 0 unspecified atom stereocenters. The van der Waals surface area contributed by atoms with E-state index >= 15 is 0 Å². The van der Waals surface area contributed by atoms with Crippen molar-refractivity contribution in [2.24, 2.45) is 0 Å². The number of aromatic nitrogens is 3. The number of carbonyl (C=O) groups excluding carboxylic acids is 1. The highest BCUT2D eigenvalue weighted by atomic mass is 32.2. The molecule has 1 N–H and O–H groups in total. The average molecular weight is 396 g/mol. The van der Waals surface area contributed by atoms with Gasteiger partial charge in [-0.1, -0.05) is 12.1 Å². The van der Waals surface area contributed by atoms with Crippen LogP contribution in [0, 0.1) is 0 Å². The normalized spacial score (nSPS) is 11.6. The minimum absolute atomic E-state index is 0.250. The molecule has 1 aromatic carbocycles. The number of halogens is 3. The maximum atomic E-state index is 12.4. The summed E-state index contributed by atoms with van der Waals surface area (Å²) in [6, 6.07) is 8.67. The van der Waals surface area contributed by atoms with E-state index in [1.807, 2.05) is 6.26 Å². The molecule has 0 aliphatic carbocycles. The van der Waals surface area contributed by atoms with Crippen LogP contribution in [0.3, 0.4) is 0 Å². The number of nitrogens with zero attached hydrogens (tertiary/aromatic N) is 3. The van der Waals surface area contributed by atoms with E-state index in [-0.39, 0.29) is 11.7 Å². The Morgan fingerprint density at radius 3 is 2.81 bits per heavy atom. The number of hydrogen-bond acceptors (Lipinski definition) is 5. The van der Waals surface area contributed by atoms with Crippen molar-refractivity contribution >= 4 is 23.3 Å². The van der Waals surface area contributed by atoms with Crippen molar-refractivity contribution < 1.29 is 22.7 Å². The number of benzene rings is 1. The van der Waals surface area contributed by atoms with Crippen LogP contribution >= 0.6 is 11.8 Å². The fraction of sp³-hybridized carbons (Fsp3) is 0.235. The lowest BCUT2D eigenvalue weighted by Crippen LogP contribution is -2.25. The molecule has 142 valence electrons. The minimum Gasteiger partial charge on any atom is -0.406 e. The fourth-order valence-electron chi connectivity index (χ4n) is 2.42. The van der Waals surface area contributed by atoms with E-state index in [0.717, 1.165) is 5.75 Å². The zero-order valence-corrected chi connectivity index (χ0v) is 15.0. The van der Waals surface area contributed by atoms with Gasteiger partial charge in [0.1, 0.15) is 5.75 Å². The van der Waals surface area contributed by atoms with Crippen molar-refractivity contribution in [3.05, 3.63) is 48.2 Å². The molecular formula is C17H15F3N4O2S. The smallest absolute Gasteiger partial charge is 0.406 e. The Balaban J connectivity index is 1.92. The molecule has 27 heavy (non-hydrogen) atoms. The molecule has 1 amide bonds. The molecule has 0 saturated carbocycles. The maximum absolute atomic E-state index is 12.4. The van der Waals surface area contributed by atoms with Crippen LogP contribution in [-0.2, 0) is 0 Å². The predicted octanol–water partition coefficient (Wildman–Crippen LogP) is 3.39. The first kappa shape index (κ1) is 19.0. The summed E-state index contributed by atoms with van der Waals surface area (Å²) in [5, 5.41) is 10.8. The van der Waals surface area contributed by atoms with Gasteiger partial charge >= 0.3 is 6.36 Å². The molecule has 10 heteroatoms. The zero-order chi connectivity index (χ0) is 19.4. The first-order valence-electron chi connectivity index (χ1n) is 7.85. The third kappa shape index (κ3) is 4.70.